The van der Waals surface area contributed by atoms with E-state index >= 15 is 0 Å². The van der Waals surface area contributed by atoms with Gasteiger partial charge in [-0.3, -0.25) is 4.39 Å². The molecule has 0 aromatic rings. The van der Waals surface area contributed by atoms with Crippen LogP contribution in [-0.2, 0) is 4.74 Å². The first-order chi connectivity index (χ1) is 5.38. The molecule has 1 saturated heterocycles. The van der Waals surface area contributed by atoms with E-state index < -0.39 is 0 Å². The van der Waals surface area contributed by atoms with Crippen molar-refractivity contribution in [2.75, 3.05) is 26.5 Å². The molecule has 0 saturated carbocycles. The van der Waals surface area contributed by atoms with Gasteiger partial charge in [0.25, 0.3) is 0 Å². The van der Waals surface area contributed by atoms with Gasteiger partial charge in [0.2, 0.25) is 0 Å². The van der Waals surface area contributed by atoms with E-state index in [4.69, 9.17) is 9.84 Å². The minimum atomic E-state index is -0.301. The van der Waals surface area contributed by atoms with Crippen molar-refractivity contribution < 1.29 is 14.2 Å². The molecule has 2 nitrogen and oxygen atoms in total. The zero-order valence-corrected chi connectivity index (χ0v) is 6.63. The molecule has 0 aromatic carbocycles. The average molecular weight is 162 g/mol. The Balaban J connectivity index is 2.31. The van der Waals surface area contributed by atoms with Crippen molar-refractivity contribution in [1.29, 1.82) is 0 Å². The Hall–Kier alpha value is -0.150. The quantitative estimate of drug-likeness (QED) is 0.670. The number of aliphatic hydroxyl groups is 1. The van der Waals surface area contributed by atoms with Crippen LogP contribution in [0.25, 0.3) is 0 Å². The molecular formula is C8H15FO2. The zero-order valence-electron chi connectivity index (χ0n) is 6.63. The summed E-state index contributed by atoms with van der Waals surface area (Å²) < 4.78 is 17.1. The fraction of sp³-hybridized carbons (Fsp3) is 1.00. The number of aliphatic hydroxyl groups excluding tert-OH is 1. The highest BCUT2D eigenvalue weighted by atomic mass is 19.1. The normalized spacial score (nSPS) is 32.2. The lowest BCUT2D eigenvalue weighted by Gasteiger charge is -2.29. The molecule has 1 aliphatic rings. The molecule has 0 aliphatic carbocycles. The van der Waals surface area contributed by atoms with Gasteiger partial charge in [0.05, 0.1) is 6.67 Å². The molecule has 0 bridgehead atoms. The zero-order chi connectivity index (χ0) is 8.10. The maximum atomic E-state index is 12.0. The number of alkyl halides is 1. The molecule has 11 heavy (non-hydrogen) atoms. The summed E-state index contributed by atoms with van der Waals surface area (Å²) in [6.07, 6.45) is 1.41. The van der Waals surface area contributed by atoms with Gasteiger partial charge in [0.15, 0.2) is 0 Å². The maximum absolute atomic E-state index is 12.0. The smallest absolute Gasteiger partial charge is 0.0898 e. The third-order valence-electron chi connectivity index (χ3n) is 2.35. The molecule has 0 spiro atoms. The van der Waals surface area contributed by atoms with Gasteiger partial charge in [0.1, 0.15) is 0 Å². The highest BCUT2D eigenvalue weighted by Gasteiger charge is 2.24. The molecule has 1 heterocycles. The third kappa shape index (κ3) is 2.42. The summed E-state index contributed by atoms with van der Waals surface area (Å²) in [6, 6.07) is 0. The largest absolute Gasteiger partial charge is 0.396 e. The topological polar surface area (TPSA) is 29.5 Å². The second-order valence-corrected chi connectivity index (χ2v) is 3.04. The van der Waals surface area contributed by atoms with Gasteiger partial charge in [-0.25, -0.2) is 0 Å². The highest BCUT2D eigenvalue weighted by Crippen LogP contribution is 2.23. The Bertz CT molecular complexity index is 106. The van der Waals surface area contributed by atoms with Crippen LogP contribution in [0.2, 0.25) is 0 Å². The number of hydrogen-bond acceptors (Lipinski definition) is 2. The van der Waals surface area contributed by atoms with E-state index in [0.717, 1.165) is 6.42 Å². The molecule has 2 unspecified atom stereocenters. The van der Waals surface area contributed by atoms with Crippen LogP contribution in [0.5, 0.6) is 0 Å². The predicted octanol–water partition coefficient (Wildman–Crippen LogP) is 0.991. The Labute approximate surface area is 66.4 Å². The van der Waals surface area contributed by atoms with Gasteiger partial charge in [-0.15, -0.1) is 0 Å². The molecule has 3 heteroatoms. The van der Waals surface area contributed by atoms with E-state index in [-0.39, 0.29) is 25.1 Å². The Morgan fingerprint density at radius 3 is 2.91 bits per heavy atom. The van der Waals surface area contributed by atoms with Crippen LogP contribution in [0.3, 0.4) is 0 Å². The number of ether oxygens (including phenoxy) is 1. The summed E-state index contributed by atoms with van der Waals surface area (Å²) in [7, 11) is 0. The van der Waals surface area contributed by atoms with Gasteiger partial charge in [-0.1, -0.05) is 0 Å². The van der Waals surface area contributed by atoms with E-state index in [9.17, 15) is 4.39 Å². The van der Waals surface area contributed by atoms with Crippen molar-refractivity contribution in [3.8, 4) is 0 Å². The molecule has 1 aliphatic heterocycles. The number of hydrogen-bond donors (Lipinski definition) is 1. The Morgan fingerprint density at radius 2 is 2.27 bits per heavy atom. The Kier molecular flexibility index (Phi) is 3.80. The minimum absolute atomic E-state index is 0.175. The fourth-order valence-electron chi connectivity index (χ4n) is 1.54. The first-order valence-electron chi connectivity index (χ1n) is 4.13. The van der Waals surface area contributed by atoms with Crippen LogP contribution >= 0.6 is 0 Å². The molecule has 1 N–H and O–H groups in total. The van der Waals surface area contributed by atoms with Crippen LogP contribution in [0.1, 0.15) is 12.8 Å². The summed E-state index contributed by atoms with van der Waals surface area (Å²) in [6.45, 7) is 1.21. The second kappa shape index (κ2) is 4.67. The van der Waals surface area contributed by atoms with Gasteiger partial charge >= 0.3 is 0 Å². The molecule has 0 radical (unpaired) electrons. The van der Waals surface area contributed by atoms with Crippen LogP contribution in [0.15, 0.2) is 0 Å². The minimum Gasteiger partial charge on any atom is -0.396 e. The number of rotatable bonds is 3. The van der Waals surface area contributed by atoms with Crippen molar-refractivity contribution in [2.24, 2.45) is 11.8 Å². The molecule has 1 fully saturated rings. The van der Waals surface area contributed by atoms with Crippen molar-refractivity contribution in [1.82, 2.24) is 0 Å². The van der Waals surface area contributed by atoms with Gasteiger partial charge in [-0.05, 0) is 24.7 Å². The molecular weight excluding hydrogens is 147 g/mol. The first-order valence-corrected chi connectivity index (χ1v) is 4.13. The van der Waals surface area contributed by atoms with Crippen molar-refractivity contribution in [3.05, 3.63) is 0 Å². The highest BCUT2D eigenvalue weighted by molar-refractivity contribution is 4.72. The van der Waals surface area contributed by atoms with E-state index in [0.29, 0.717) is 19.6 Å². The lowest BCUT2D eigenvalue weighted by Crippen LogP contribution is -2.30. The monoisotopic (exact) mass is 162 g/mol. The van der Waals surface area contributed by atoms with Crippen molar-refractivity contribution in [3.63, 3.8) is 0 Å². The van der Waals surface area contributed by atoms with Crippen molar-refractivity contribution in [2.45, 2.75) is 12.8 Å². The van der Waals surface area contributed by atoms with Crippen molar-refractivity contribution >= 4 is 0 Å². The van der Waals surface area contributed by atoms with Crippen LogP contribution < -0.4 is 0 Å². The van der Waals surface area contributed by atoms with E-state index in [1.165, 1.54) is 0 Å². The standard InChI is InChI=1S/C8H15FO2/c9-3-1-8-6-11-4-2-7(8)5-10/h7-8,10H,1-6H2. The second-order valence-electron chi connectivity index (χ2n) is 3.04. The molecule has 2 atom stereocenters. The lowest BCUT2D eigenvalue weighted by molar-refractivity contribution is -0.00833. The van der Waals surface area contributed by atoms with E-state index in [1.54, 1.807) is 0 Å². The molecule has 0 amide bonds. The summed E-state index contributed by atoms with van der Waals surface area (Å²) in [4.78, 5) is 0. The first kappa shape index (κ1) is 8.94. The summed E-state index contributed by atoms with van der Waals surface area (Å²) >= 11 is 0. The average Bonchev–Trinajstić information content (AvgIpc) is 2.06. The summed E-state index contributed by atoms with van der Waals surface area (Å²) in [5, 5.41) is 8.91. The lowest BCUT2D eigenvalue weighted by atomic mass is 9.87. The van der Waals surface area contributed by atoms with Gasteiger partial charge in [0, 0.05) is 19.8 Å². The maximum Gasteiger partial charge on any atom is 0.0898 e. The van der Waals surface area contributed by atoms with Gasteiger partial charge < -0.3 is 9.84 Å². The Morgan fingerprint density at radius 1 is 1.45 bits per heavy atom. The fourth-order valence-corrected chi connectivity index (χ4v) is 1.54. The predicted molar refractivity (Wildman–Crippen MR) is 40.1 cm³/mol. The summed E-state index contributed by atoms with van der Waals surface area (Å²) in [5.74, 6) is 0.498. The number of halogens is 1. The van der Waals surface area contributed by atoms with Gasteiger partial charge in [-0.2, -0.15) is 0 Å². The SMILES string of the molecule is OCC1CCOCC1CCF. The van der Waals surface area contributed by atoms with E-state index in [1.807, 2.05) is 0 Å². The van der Waals surface area contributed by atoms with Crippen LogP contribution in [0.4, 0.5) is 4.39 Å². The third-order valence-corrected chi connectivity index (χ3v) is 2.35. The molecule has 1 rings (SSSR count). The molecule has 0 aromatic heterocycles. The van der Waals surface area contributed by atoms with Crippen LogP contribution in [-0.4, -0.2) is 31.6 Å². The van der Waals surface area contributed by atoms with Crippen LogP contribution in [0, 0.1) is 11.8 Å². The molecule has 66 valence electrons. The van der Waals surface area contributed by atoms with E-state index in [2.05, 4.69) is 0 Å². The summed E-state index contributed by atoms with van der Waals surface area (Å²) in [5.41, 5.74) is 0.